The fourth-order valence-electron chi connectivity index (χ4n) is 3.31. The molecule has 0 bridgehead atoms. The minimum Gasteiger partial charge on any atom is -0.508 e. The van der Waals surface area contributed by atoms with Gasteiger partial charge in [-0.25, -0.2) is 0 Å². The van der Waals surface area contributed by atoms with Crippen molar-refractivity contribution in [3.05, 3.63) is 58.7 Å². The highest BCUT2D eigenvalue weighted by Crippen LogP contribution is 2.41. The van der Waals surface area contributed by atoms with Crippen LogP contribution in [-0.2, 0) is 6.54 Å². The molecule has 2 aromatic carbocycles. The summed E-state index contributed by atoms with van der Waals surface area (Å²) >= 11 is 1.30. The lowest BCUT2D eigenvalue weighted by Gasteiger charge is -2.12. The smallest absolute Gasteiger partial charge is 0.256 e. The normalized spacial score (nSPS) is 11.3. The number of phenols is 1. The second-order valence-electron chi connectivity index (χ2n) is 7.79. The van der Waals surface area contributed by atoms with Crippen molar-refractivity contribution in [2.24, 2.45) is 0 Å². The summed E-state index contributed by atoms with van der Waals surface area (Å²) in [4.78, 5) is 27.5. The molecular formula is C23H27N3O3S. The quantitative estimate of drug-likeness (QED) is 0.547. The maximum absolute atomic E-state index is 12.9. The van der Waals surface area contributed by atoms with Crippen molar-refractivity contribution in [1.82, 2.24) is 10.2 Å². The summed E-state index contributed by atoms with van der Waals surface area (Å²) in [6.45, 7) is 4.71. The van der Waals surface area contributed by atoms with E-state index in [4.69, 9.17) is 0 Å². The minimum absolute atomic E-state index is 0.169. The van der Waals surface area contributed by atoms with Crippen molar-refractivity contribution in [3.63, 3.8) is 0 Å². The molecule has 0 radical (unpaired) electrons. The summed E-state index contributed by atoms with van der Waals surface area (Å²) in [5.74, 6) is -0.0102. The summed E-state index contributed by atoms with van der Waals surface area (Å²) in [5, 5.41) is 17.1. The van der Waals surface area contributed by atoms with Crippen LogP contribution in [0, 0.1) is 0 Å². The zero-order valence-electron chi connectivity index (χ0n) is 17.9. The second-order valence-corrected chi connectivity index (χ2v) is 8.81. The Morgan fingerprint density at radius 1 is 1.07 bits per heavy atom. The van der Waals surface area contributed by atoms with Gasteiger partial charge in [0.1, 0.15) is 10.8 Å². The molecule has 7 heteroatoms. The Hall–Kier alpha value is -2.90. The molecule has 3 aromatic rings. The van der Waals surface area contributed by atoms with Crippen molar-refractivity contribution in [1.29, 1.82) is 0 Å². The van der Waals surface area contributed by atoms with Gasteiger partial charge >= 0.3 is 0 Å². The number of fused-ring (bicyclic) bond motifs is 1. The largest absolute Gasteiger partial charge is 0.508 e. The number of amides is 2. The van der Waals surface area contributed by atoms with Gasteiger partial charge in [0.05, 0.1) is 5.56 Å². The van der Waals surface area contributed by atoms with E-state index in [1.54, 1.807) is 31.3 Å². The highest BCUT2D eigenvalue weighted by atomic mass is 32.1. The van der Waals surface area contributed by atoms with E-state index in [9.17, 15) is 14.7 Å². The Morgan fingerprint density at radius 3 is 2.30 bits per heavy atom. The van der Waals surface area contributed by atoms with Gasteiger partial charge in [0.15, 0.2) is 0 Å². The Labute approximate surface area is 180 Å². The summed E-state index contributed by atoms with van der Waals surface area (Å²) in [6.07, 6.45) is 0. The van der Waals surface area contributed by atoms with Gasteiger partial charge in [-0.2, -0.15) is 0 Å². The first-order valence-electron chi connectivity index (χ1n) is 9.78. The lowest BCUT2D eigenvalue weighted by atomic mass is 10.0. The topological polar surface area (TPSA) is 81.7 Å². The van der Waals surface area contributed by atoms with E-state index in [0.717, 1.165) is 15.8 Å². The van der Waals surface area contributed by atoms with Gasteiger partial charge in [-0.3, -0.25) is 9.59 Å². The lowest BCUT2D eigenvalue weighted by molar-refractivity contribution is 0.0966. The molecule has 0 aliphatic heterocycles. The van der Waals surface area contributed by atoms with Crippen LogP contribution < -0.4 is 10.6 Å². The Balaban J connectivity index is 2.05. The first-order valence-corrected chi connectivity index (χ1v) is 10.6. The number of benzene rings is 2. The Kier molecular flexibility index (Phi) is 6.43. The Bertz CT molecular complexity index is 1090. The Morgan fingerprint density at radius 2 is 1.73 bits per heavy atom. The van der Waals surface area contributed by atoms with Crippen LogP contribution in [0.4, 0.5) is 5.00 Å². The number of carbonyl (C=O) groups excluding carboxylic acids is 2. The van der Waals surface area contributed by atoms with Gasteiger partial charge in [0, 0.05) is 34.8 Å². The monoisotopic (exact) mass is 425 g/mol. The van der Waals surface area contributed by atoms with Crippen LogP contribution in [0.3, 0.4) is 0 Å². The van der Waals surface area contributed by atoms with Gasteiger partial charge in [-0.15, -0.1) is 11.3 Å². The molecule has 30 heavy (non-hydrogen) atoms. The molecule has 1 aromatic heterocycles. The number of hydrogen-bond acceptors (Lipinski definition) is 5. The number of rotatable bonds is 6. The van der Waals surface area contributed by atoms with Gasteiger partial charge in [-0.1, -0.05) is 26.0 Å². The van der Waals surface area contributed by atoms with Crippen molar-refractivity contribution < 1.29 is 14.7 Å². The van der Waals surface area contributed by atoms with E-state index in [0.29, 0.717) is 34.0 Å². The maximum atomic E-state index is 12.9. The highest BCUT2D eigenvalue weighted by Gasteiger charge is 2.23. The molecule has 6 nitrogen and oxygen atoms in total. The standard InChI is InChI=1S/C23H27N3O3S/c1-13(2)14-6-8-15(9-7-14)21(28)25-23-19(22(29)24-3)16-10-11-18(27)17(12-26(4)5)20(16)30-23/h6-11,13,27H,12H2,1-5H3,(H,24,29)(H,25,28). The van der Waals surface area contributed by atoms with E-state index in [2.05, 4.69) is 24.5 Å². The number of nitrogens with one attached hydrogen (secondary N) is 2. The SMILES string of the molecule is CNC(=O)c1c(NC(=O)c2ccc(C(C)C)cc2)sc2c(CN(C)C)c(O)ccc12. The third kappa shape index (κ3) is 4.32. The van der Waals surface area contributed by atoms with Crippen LogP contribution in [0.1, 0.15) is 51.6 Å². The maximum Gasteiger partial charge on any atom is 0.256 e. The number of carbonyl (C=O) groups is 2. The number of phenolic OH excluding ortho intramolecular Hbond substituents is 1. The molecule has 0 spiro atoms. The summed E-state index contributed by atoms with van der Waals surface area (Å²) in [7, 11) is 5.38. The van der Waals surface area contributed by atoms with Gasteiger partial charge in [0.25, 0.3) is 11.8 Å². The van der Waals surface area contributed by atoms with Crippen molar-refractivity contribution >= 4 is 38.2 Å². The number of thiophene rings is 1. The van der Waals surface area contributed by atoms with E-state index in [-0.39, 0.29) is 17.6 Å². The molecule has 2 amide bonds. The summed E-state index contributed by atoms with van der Waals surface area (Å²) < 4.78 is 0.785. The molecule has 0 saturated heterocycles. The first kappa shape index (κ1) is 21.8. The van der Waals surface area contributed by atoms with Gasteiger partial charge in [-0.05, 0) is 49.8 Å². The van der Waals surface area contributed by atoms with Crippen molar-refractivity contribution in [3.8, 4) is 5.75 Å². The predicted molar refractivity (Wildman–Crippen MR) is 123 cm³/mol. The number of aromatic hydroxyl groups is 1. The zero-order chi connectivity index (χ0) is 22.0. The van der Waals surface area contributed by atoms with Gasteiger partial charge < -0.3 is 20.6 Å². The number of nitrogens with zero attached hydrogens (tertiary/aromatic N) is 1. The van der Waals surface area contributed by atoms with Crippen LogP contribution in [-0.4, -0.2) is 43.0 Å². The fraction of sp³-hybridized carbons (Fsp3) is 0.304. The molecule has 0 aliphatic rings. The van der Waals surface area contributed by atoms with E-state index >= 15 is 0 Å². The van der Waals surface area contributed by atoms with E-state index in [1.807, 2.05) is 31.1 Å². The molecule has 0 fully saturated rings. The molecule has 158 valence electrons. The first-order chi connectivity index (χ1) is 14.2. The number of hydrogen-bond donors (Lipinski definition) is 3. The average Bonchev–Trinajstić information content (AvgIpc) is 3.07. The molecule has 1 heterocycles. The predicted octanol–water partition coefficient (Wildman–Crippen LogP) is 4.40. The highest BCUT2D eigenvalue weighted by molar-refractivity contribution is 7.23. The van der Waals surface area contributed by atoms with Crippen LogP contribution in [0.2, 0.25) is 0 Å². The van der Waals surface area contributed by atoms with Gasteiger partial charge in [0.2, 0.25) is 0 Å². The molecular weight excluding hydrogens is 398 g/mol. The number of anilines is 1. The molecule has 0 unspecified atom stereocenters. The second kappa shape index (κ2) is 8.85. The third-order valence-corrected chi connectivity index (χ3v) is 6.11. The third-order valence-electron chi connectivity index (χ3n) is 4.93. The molecule has 0 saturated carbocycles. The lowest BCUT2D eigenvalue weighted by Crippen LogP contribution is -2.20. The van der Waals surface area contributed by atoms with Crippen molar-refractivity contribution in [2.75, 3.05) is 26.5 Å². The summed E-state index contributed by atoms with van der Waals surface area (Å²) in [6, 6.07) is 10.8. The fourth-order valence-corrected chi connectivity index (χ4v) is 4.53. The zero-order valence-corrected chi connectivity index (χ0v) is 18.7. The molecule has 3 rings (SSSR count). The minimum atomic E-state index is -0.284. The van der Waals surface area contributed by atoms with E-state index in [1.165, 1.54) is 11.3 Å². The van der Waals surface area contributed by atoms with Crippen LogP contribution in [0.15, 0.2) is 36.4 Å². The average molecular weight is 426 g/mol. The molecule has 0 aliphatic carbocycles. The van der Waals surface area contributed by atoms with Crippen LogP contribution in [0.25, 0.3) is 10.1 Å². The molecule has 0 atom stereocenters. The van der Waals surface area contributed by atoms with Crippen LogP contribution >= 0.6 is 11.3 Å². The van der Waals surface area contributed by atoms with Crippen molar-refractivity contribution in [2.45, 2.75) is 26.3 Å². The summed E-state index contributed by atoms with van der Waals surface area (Å²) in [5.41, 5.74) is 2.82. The molecule has 3 N–H and O–H groups in total. The van der Waals surface area contributed by atoms with E-state index < -0.39 is 0 Å². The van der Waals surface area contributed by atoms with Crippen LogP contribution in [0.5, 0.6) is 5.75 Å².